The SMILES string of the molecule is COc1ccc2nc(NC(=O)NCCc3ccnn3C)sc2c1. The Morgan fingerprint density at radius 1 is 1.39 bits per heavy atom. The number of nitrogens with one attached hydrogen (secondary N) is 2. The predicted molar refractivity (Wildman–Crippen MR) is 90.1 cm³/mol. The zero-order chi connectivity index (χ0) is 16.2. The van der Waals surface area contributed by atoms with Crippen LogP contribution in [0.1, 0.15) is 5.69 Å². The van der Waals surface area contributed by atoms with Gasteiger partial charge in [0.2, 0.25) is 0 Å². The van der Waals surface area contributed by atoms with Crippen molar-refractivity contribution in [3.05, 3.63) is 36.2 Å². The molecule has 120 valence electrons. The molecule has 3 rings (SSSR count). The number of aromatic nitrogens is 3. The maximum absolute atomic E-state index is 11.9. The van der Waals surface area contributed by atoms with E-state index in [1.54, 1.807) is 18.0 Å². The minimum Gasteiger partial charge on any atom is -0.497 e. The van der Waals surface area contributed by atoms with E-state index in [0.717, 1.165) is 28.1 Å². The van der Waals surface area contributed by atoms with E-state index < -0.39 is 0 Å². The Kier molecular flexibility index (Phi) is 4.42. The normalized spacial score (nSPS) is 10.7. The number of benzene rings is 1. The highest BCUT2D eigenvalue weighted by Crippen LogP contribution is 2.28. The number of thiazole rings is 1. The van der Waals surface area contributed by atoms with Crippen LogP contribution < -0.4 is 15.4 Å². The second kappa shape index (κ2) is 6.66. The fourth-order valence-corrected chi connectivity index (χ4v) is 3.07. The summed E-state index contributed by atoms with van der Waals surface area (Å²) < 4.78 is 7.94. The van der Waals surface area contributed by atoms with E-state index >= 15 is 0 Å². The Balaban J connectivity index is 1.56. The molecule has 0 radical (unpaired) electrons. The van der Waals surface area contributed by atoms with Gasteiger partial charge in [0.1, 0.15) is 5.75 Å². The number of amides is 2. The molecule has 0 spiro atoms. The third kappa shape index (κ3) is 3.59. The van der Waals surface area contributed by atoms with E-state index in [1.807, 2.05) is 31.3 Å². The average Bonchev–Trinajstić information content (AvgIpc) is 3.12. The van der Waals surface area contributed by atoms with Gasteiger partial charge in [0.25, 0.3) is 0 Å². The summed E-state index contributed by atoms with van der Waals surface area (Å²) >= 11 is 1.41. The summed E-state index contributed by atoms with van der Waals surface area (Å²) in [5.74, 6) is 0.772. The molecule has 2 aromatic heterocycles. The minimum absolute atomic E-state index is 0.266. The van der Waals surface area contributed by atoms with Crippen molar-refractivity contribution in [1.29, 1.82) is 0 Å². The van der Waals surface area contributed by atoms with Gasteiger partial charge in [-0.2, -0.15) is 5.10 Å². The van der Waals surface area contributed by atoms with Gasteiger partial charge in [-0.1, -0.05) is 11.3 Å². The highest BCUT2D eigenvalue weighted by Gasteiger charge is 2.08. The Labute approximate surface area is 137 Å². The summed E-state index contributed by atoms with van der Waals surface area (Å²) in [7, 11) is 3.50. The van der Waals surface area contributed by atoms with Gasteiger partial charge in [-0.15, -0.1) is 0 Å². The van der Waals surface area contributed by atoms with Gasteiger partial charge in [0.05, 0.1) is 17.3 Å². The molecule has 2 N–H and O–H groups in total. The standard InChI is InChI=1S/C15H17N5O2S/c1-20-10(6-8-17-20)5-7-16-14(21)19-15-18-12-4-3-11(22-2)9-13(12)23-15/h3-4,6,8-9H,5,7H2,1-2H3,(H2,16,18,19,21). The van der Waals surface area contributed by atoms with Gasteiger partial charge in [0.15, 0.2) is 5.13 Å². The van der Waals surface area contributed by atoms with E-state index in [4.69, 9.17) is 4.74 Å². The van der Waals surface area contributed by atoms with Gasteiger partial charge in [-0.05, 0) is 24.3 Å². The molecule has 2 amide bonds. The average molecular weight is 331 g/mol. The third-order valence-electron chi connectivity index (χ3n) is 3.41. The smallest absolute Gasteiger partial charge is 0.321 e. The molecule has 0 saturated heterocycles. The highest BCUT2D eigenvalue weighted by molar-refractivity contribution is 7.22. The van der Waals surface area contributed by atoms with Crippen LogP contribution in [-0.2, 0) is 13.5 Å². The molecule has 1 aromatic carbocycles. The lowest BCUT2D eigenvalue weighted by Gasteiger charge is -2.05. The number of fused-ring (bicyclic) bond motifs is 1. The summed E-state index contributed by atoms with van der Waals surface area (Å²) in [5, 5.41) is 10.2. The Morgan fingerprint density at radius 3 is 3.00 bits per heavy atom. The Bertz CT molecular complexity index is 826. The number of ether oxygens (including phenoxy) is 1. The first kappa shape index (κ1) is 15.3. The molecule has 0 atom stereocenters. The second-order valence-corrected chi connectivity index (χ2v) is 5.96. The van der Waals surface area contributed by atoms with Crippen LogP contribution >= 0.6 is 11.3 Å². The minimum atomic E-state index is -0.266. The monoisotopic (exact) mass is 331 g/mol. The van der Waals surface area contributed by atoms with Crippen molar-refractivity contribution >= 4 is 32.7 Å². The van der Waals surface area contributed by atoms with Crippen LogP contribution in [0.2, 0.25) is 0 Å². The molecule has 2 heterocycles. The topological polar surface area (TPSA) is 81.1 Å². The number of carbonyl (C=O) groups is 1. The molecule has 3 aromatic rings. The van der Waals surface area contributed by atoms with E-state index in [9.17, 15) is 4.79 Å². The number of hydrogen-bond acceptors (Lipinski definition) is 5. The van der Waals surface area contributed by atoms with Crippen LogP contribution in [0.15, 0.2) is 30.5 Å². The number of urea groups is 1. The van der Waals surface area contributed by atoms with Crippen molar-refractivity contribution < 1.29 is 9.53 Å². The van der Waals surface area contributed by atoms with Gasteiger partial charge in [0, 0.05) is 31.9 Å². The summed E-state index contributed by atoms with van der Waals surface area (Å²) in [5.41, 5.74) is 1.90. The molecule has 0 aliphatic rings. The first-order valence-electron chi connectivity index (χ1n) is 7.12. The van der Waals surface area contributed by atoms with Gasteiger partial charge in [-0.25, -0.2) is 9.78 Å². The van der Waals surface area contributed by atoms with Crippen LogP contribution in [0, 0.1) is 0 Å². The molecule has 7 nitrogen and oxygen atoms in total. The summed E-state index contributed by atoms with van der Waals surface area (Å²) in [6.07, 6.45) is 2.46. The van der Waals surface area contributed by atoms with Crippen molar-refractivity contribution in [1.82, 2.24) is 20.1 Å². The van der Waals surface area contributed by atoms with Crippen LogP contribution in [0.5, 0.6) is 5.75 Å². The summed E-state index contributed by atoms with van der Waals surface area (Å²) in [4.78, 5) is 16.3. The number of carbonyl (C=O) groups excluding carboxylic acids is 1. The maximum Gasteiger partial charge on any atom is 0.321 e. The lowest BCUT2D eigenvalue weighted by atomic mass is 10.3. The Morgan fingerprint density at radius 2 is 2.26 bits per heavy atom. The molecule has 23 heavy (non-hydrogen) atoms. The molecule has 0 aliphatic heterocycles. The zero-order valence-electron chi connectivity index (χ0n) is 12.9. The molecule has 0 aliphatic carbocycles. The van der Waals surface area contributed by atoms with Crippen molar-refractivity contribution in [3.63, 3.8) is 0 Å². The number of anilines is 1. The number of hydrogen-bond donors (Lipinski definition) is 2. The van der Waals surface area contributed by atoms with E-state index in [-0.39, 0.29) is 6.03 Å². The molecule has 8 heteroatoms. The largest absolute Gasteiger partial charge is 0.497 e. The molecule has 0 unspecified atom stereocenters. The molecule has 0 saturated carbocycles. The van der Waals surface area contributed by atoms with E-state index in [2.05, 4.69) is 20.7 Å². The number of nitrogens with zero attached hydrogens (tertiary/aromatic N) is 3. The second-order valence-electron chi connectivity index (χ2n) is 4.93. The molecular formula is C15H17N5O2S. The quantitative estimate of drug-likeness (QED) is 0.752. The van der Waals surface area contributed by atoms with Crippen LogP contribution in [0.4, 0.5) is 9.93 Å². The fourth-order valence-electron chi connectivity index (χ4n) is 2.18. The predicted octanol–water partition coefficient (Wildman–Crippen LogP) is 2.40. The molecule has 0 bridgehead atoms. The van der Waals surface area contributed by atoms with Crippen LogP contribution in [-0.4, -0.2) is 34.5 Å². The van der Waals surface area contributed by atoms with Gasteiger partial charge < -0.3 is 10.1 Å². The van der Waals surface area contributed by atoms with Crippen molar-refractivity contribution in [3.8, 4) is 5.75 Å². The van der Waals surface area contributed by atoms with Gasteiger partial charge >= 0.3 is 6.03 Å². The van der Waals surface area contributed by atoms with E-state index in [1.165, 1.54) is 11.3 Å². The lowest BCUT2D eigenvalue weighted by Crippen LogP contribution is -2.30. The number of aryl methyl sites for hydroxylation is 1. The number of methoxy groups -OCH3 is 1. The van der Waals surface area contributed by atoms with Gasteiger partial charge in [-0.3, -0.25) is 10.00 Å². The summed E-state index contributed by atoms with van der Waals surface area (Å²) in [6.45, 7) is 0.532. The van der Waals surface area contributed by atoms with Crippen molar-refractivity contribution in [2.75, 3.05) is 19.0 Å². The number of rotatable bonds is 5. The van der Waals surface area contributed by atoms with E-state index in [0.29, 0.717) is 11.7 Å². The third-order valence-corrected chi connectivity index (χ3v) is 4.34. The molecule has 0 fully saturated rings. The zero-order valence-corrected chi connectivity index (χ0v) is 13.7. The van der Waals surface area contributed by atoms with Crippen molar-refractivity contribution in [2.24, 2.45) is 7.05 Å². The van der Waals surface area contributed by atoms with Crippen LogP contribution in [0.3, 0.4) is 0 Å². The first-order chi connectivity index (χ1) is 11.2. The fraction of sp³-hybridized carbons (Fsp3) is 0.267. The first-order valence-corrected chi connectivity index (χ1v) is 7.93. The lowest BCUT2D eigenvalue weighted by molar-refractivity contribution is 0.252. The van der Waals surface area contributed by atoms with Crippen LogP contribution in [0.25, 0.3) is 10.2 Å². The van der Waals surface area contributed by atoms with Crippen molar-refractivity contribution in [2.45, 2.75) is 6.42 Å². The maximum atomic E-state index is 11.9. The Hall–Kier alpha value is -2.61. The highest BCUT2D eigenvalue weighted by atomic mass is 32.1. The molecular weight excluding hydrogens is 314 g/mol. The summed E-state index contributed by atoms with van der Waals surface area (Å²) in [6, 6.07) is 7.28.